The second kappa shape index (κ2) is 6.36. The number of hydrogen-bond acceptors (Lipinski definition) is 2. The fraction of sp³-hybridized carbons (Fsp3) is 0.455. The van der Waals surface area contributed by atoms with E-state index < -0.39 is 0 Å². The molecule has 1 saturated heterocycles. The van der Waals surface area contributed by atoms with Gasteiger partial charge in [0.1, 0.15) is 0 Å². The largest absolute Gasteiger partial charge is 0.326 e. The third kappa shape index (κ3) is 3.70. The zero-order chi connectivity index (χ0) is 10.8. The summed E-state index contributed by atoms with van der Waals surface area (Å²) >= 11 is 6.99. The molecule has 0 spiro atoms. The highest BCUT2D eigenvalue weighted by atomic mass is 79.9. The molecule has 2 rings (SSSR count). The summed E-state index contributed by atoms with van der Waals surface area (Å²) in [4.78, 5) is 2.40. The van der Waals surface area contributed by atoms with Gasteiger partial charge in [-0.15, -0.1) is 12.4 Å². The van der Waals surface area contributed by atoms with E-state index >= 15 is 0 Å². The molecule has 2 N–H and O–H groups in total. The average Bonchev–Trinajstić information content (AvgIpc) is 2.58. The van der Waals surface area contributed by atoms with Crippen LogP contribution in [0.4, 0.5) is 0 Å². The Morgan fingerprint density at radius 2 is 2.06 bits per heavy atom. The molecule has 0 unspecified atom stereocenters. The number of nitrogens with zero attached hydrogens (tertiary/aromatic N) is 1. The van der Waals surface area contributed by atoms with Crippen LogP contribution in [-0.4, -0.2) is 24.0 Å². The van der Waals surface area contributed by atoms with Crippen LogP contribution in [0.2, 0.25) is 0 Å². The smallest absolute Gasteiger partial charge is 0.0320 e. The first-order valence-electron chi connectivity index (χ1n) is 5.07. The summed E-state index contributed by atoms with van der Waals surface area (Å²) in [5, 5.41) is 0. The van der Waals surface area contributed by atoms with Crippen molar-refractivity contribution in [2.24, 2.45) is 5.73 Å². The highest BCUT2D eigenvalue weighted by Crippen LogP contribution is 2.24. The standard InChI is InChI=1S/C11H14Br2N2.ClH/c12-10-2-1-8(5-11(10)13)6-15-4-3-9(14)7-15;/h1-2,5,9H,3-4,6-7,14H2;1H/t9-;/m0./s1. The first-order chi connectivity index (χ1) is 7.15. The zero-order valence-electron chi connectivity index (χ0n) is 8.83. The molecule has 1 aromatic rings. The molecule has 16 heavy (non-hydrogen) atoms. The minimum absolute atomic E-state index is 0. The van der Waals surface area contributed by atoms with Gasteiger partial charge in [0.25, 0.3) is 0 Å². The van der Waals surface area contributed by atoms with Gasteiger partial charge in [0.05, 0.1) is 0 Å². The van der Waals surface area contributed by atoms with E-state index in [0.29, 0.717) is 6.04 Å². The van der Waals surface area contributed by atoms with Crippen LogP contribution in [0.3, 0.4) is 0 Å². The van der Waals surface area contributed by atoms with Crippen molar-refractivity contribution in [1.82, 2.24) is 4.90 Å². The van der Waals surface area contributed by atoms with Crippen molar-refractivity contribution < 1.29 is 0 Å². The van der Waals surface area contributed by atoms with Gasteiger partial charge in [-0.2, -0.15) is 0 Å². The van der Waals surface area contributed by atoms with Crippen LogP contribution in [-0.2, 0) is 6.54 Å². The minimum atomic E-state index is 0. The van der Waals surface area contributed by atoms with Gasteiger partial charge in [0.15, 0.2) is 0 Å². The van der Waals surface area contributed by atoms with Crippen LogP contribution in [0, 0.1) is 0 Å². The summed E-state index contributed by atoms with van der Waals surface area (Å²) in [6.45, 7) is 3.14. The molecule has 1 aliphatic heterocycles. The van der Waals surface area contributed by atoms with Crippen molar-refractivity contribution in [2.45, 2.75) is 19.0 Å². The molecule has 0 aliphatic carbocycles. The lowest BCUT2D eigenvalue weighted by atomic mass is 10.2. The zero-order valence-corrected chi connectivity index (χ0v) is 12.8. The molecular formula is C11H15Br2ClN2. The van der Waals surface area contributed by atoms with Crippen LogP contribution < -0.4 is 5.73 Å². The molecule has 0 aromatic heterocycles. The highest BCUT2D eigenvalue weighted by Gasteiger charge is 2.18. The molecule has 90 valence electrons. The van der Waals surface area contributed by atoms with Crippen molar-refractivity contribution in [3.63, 3.8) is 0 Å². The number of halogens is 3. The van der Waals surface area contributed by atoms with Crippen LogP contribution in [0.25, 0.3) is 0 Å². The molecule has 1 aromatic carbocycles. The SMILES string of the molecule is Cl.N[C@H]1CCN(Cc2ccc(Br)c(Br)c2)C1. The van der Waals surface area contributed by atoms with Gasteiger partial charge in [-0.3, -0.25) is 4.90 Å². The first-order valence-corrected chi connectivity index (χ1v) is 6.65. The van der Waals surface area contributed by atoms with Gasteiger partial charge >= 0.3 is 0 Å². The van der Waals surface area contributed by atoms with Gasteiger partial charge < -0.3 is 5.73 Å². The van der Waals surface area contributed by atoms with Gasteiger partial charge in [-0.1, -0.05) is 6.07 Å². The van der Waals surface area contributed by atoms with E-state index in [9.17, 15) is 0 Å². The maximum absolute atomic E-state index is 5.87. The van der Waals surface area contributed by atoms with E-state index in [4.69, 9.17) is 5.73 Å². The molecule has 0 amide bonds. The molecular weight excluding hydrogens is 355 g/mol. The fourth-order valence-corrected chi connectivity index (χ4v) is 2.58. The first kappa shape index (κ1) is 14.5. The van der Waals surface area contributed by atoms with Gasteiger partial charge in [0.2, 0.25) is 0 Å². The Kier molecular flexibility index (Phi) is 5.74. The predicted octanol–water partition coefficient (Wildman–Crippen LogP) is 3.17. The van der Waals surface area contributed by atoms with Gasteiger partial charge in [-0.05, 0) is 56.0 Å². The second-order valence-corrected chi connectivity index (χ2v) is 5.74. The average molecular weight is 371 g/mol. The molecule has 0 radical (unpaired) electrons. The van der Waals surface area contributed by atoms with E-state index in [-0.39, 0.29) is 12.4 Å². The quantitative estimate of drug-likeness (QED) is 0.866. The summed E-state index contributed by atoms with van der Waals surface area (Å²) in [6.07, 6.45) is 1.12. The van der Waals surface area contributed by atoms with E-state index in [1.54, 1.807) is 0 Å². The maximum atomic E-state index is 5.87. The minimum Gasteiger partial charge on any atom is -0.326 e. The van der Waals surface area contributed by atoms with Gasteiger partial charge in [-0.25, -0.2) is 0 Å². The number of benzene rings is 1. The molecule has 0 bridgehead atoms. The summed E-state index contributed by atoms with van der Waals surface area (Å²) < 4.78 is 2.22. The molecule has 5 heteroatoms. The summed E-state index contributed by atoms with van der Waals surface area (Å²) in [7, 11) is 0. The lowest BCUT2D eigenvalue weighted by molar-refractivity contribution is 0.327. The number of likely N-dealkylation sites (tertiary alicyclic amines) is 1. The molecule has 2 nitrogen and oxygen atoms in total. The van der Waals surface area contributed by atoms with E-state index in [0.717, 1.165) is 35.0 Å². The van der Waals surface area contributed by atoms with E-state index in [1.807, 2.05) is 0 Å². The van der Waals surface area contributed by atoms with Crippen LogP contribution >= 0.6 is 44.3 Å². The molecule has 1 fully saturated rings. The third-order valence-corrected chi connectivity index (χ3v) is 4.58. The Labute approximate surface area is 119 Å². The normalized spacial score (nSPS) is 20.8. The number of nitrogens with two attached hydrogens (primary N) is 1. The second-order valence-electron chi connectivity index (χ2n) is 4.03. The lowest BCUT2D eigenvalue weighted by Gasteiger charge is -2.15. The van der Waals surface area contributed by atoms with E-state index in [2.05, 4.69) is 55.0 Å². The van der Waals surface area contributed by atoms with Crippen molar-refractivity contribution >= 4 is 44.3 Å². The fourth-order valence-electron chi connectivity index (χ4n) is 1.90. The number of rotatable bonds is 2. The summed E-state index contributed by atoms with van der Waals surface area (Å²) in [6, 6.07) is 6.76. The van der Waals surface area contributed by atoms with Crippen LogP contribution in [0.5, 0.6) is 0 Å². The van der Waals surface area contributed by atoms with Crippen LogP contribution in [0.1, 0.15) is 12.0 Å². The Bertz CT molecular complexity index is 360. The van der Waals surface area contributed by atoms with Gasteiger partial charge in [0, 0.05) is 34.6 Å². The van der Waals surface area contributed by atoms with E-state index in [1.165, 1.54) is 5.56 Å². The Morgan fingerprint density at radius 3 is 2.62 bits per heavy atom. The molecule has 0 saturated carbocycles. The maximum Gasteiger partial charge on any atom is 0.0320 e. The summed E-state index contributed by atoms with van der Waals surface area (Å²) in [5.41, 5.74) is 7.21. The highest BCUT2D eigenvalue weighted by molar-refractivity contribution is 9.13. The summed E-state index contributed by atoms with van der Waals surface area (Å²) in [5.74, 6) is 0. The number of hydrogen-bond donors (Lipinski definition) is 1. The Hall–Kier alpha value is 0.390. The monoisotopic (exact) mass is 368 g/mol. The molecule has 1 aliphatic rings. The van der Waals surface area contributed by atoms with Crippen molar-refractivity contribution in [1.29, 1.82) is 0 Å². The predicted molar refractivity (Wildman–Crippen MR) is 77.0 cm³/mol. The lowest BCUT2D eigenvalue weighted by Crippen LogP contribution is -2.26. The van der Waals surface area contributed by atoms with Crippen LogP contribution in [0.15, 0.2) is 27.1 Å². The van der Waals surface area contributed by atoms with Crippen molar-refractivity contribution in [3.05, 3.63) is 32.7 Å². The van der Waals surface area contributed by atoms with Crippen molar-refractivity contribution in [3.8, 4) is 0 Å². The molecule has 1 heterocycles. The Morgan fingerprint density at radius 1 is 1.31 bits per heavy atom. The third-order valence-electron chi connectivity index (χ3n) is 2.70. The van der Waals surface area contributed by atoms with Crippen molar-refractivity contribution in [2.75, 3.05) is 13.1 Å². The molecule has 1 atom stereocenters. The topological polar surface area (TPSA) is 29.3 Å². The Balaban J connectivity index is 0.00000128.